The molecule has 1 aliphatic rings. The number of methoxy groups -OCH3 is 1. The maximum Gasteiger partial charge on any atom is 0.347 e. The number of rotatable bonds is 1. The zero-order valence-electron chi connectivity index (χ0n) is 8.29. The van der Waals surface area contributed by atoms with Gasteiger partial charge in [0.25, 0.3) is 5.56 Å². The third kappa shape index (κ3) is 1.40. The van der Waals surface area contributed by atoms with Crippen molar-refractivity contribution >= 4 is 5.97 Å². The molecule has 0 amide bonds. The molecule has 2 rings (SSSR count). The molecule has 0 radical (unpaired) electrons. The van der Waals surface area contributed by atoms with Crippen molar-refractivity contribution in [2.24, 2.45) is 0 Å². The number of carbonyl (C=O) groups excluding carboxylic acids is 1. The lowest BCUT2D eigenvalue weighted by Crippen LogP contribution is -2.21. The Morgan fingerprint density at radius 2 is 2.20 bits per heavy atom. The molecule has 15 heavy (non-hydrogen) atoms. The molecule has 0 saturated carbocycles. The van der Waals surface area contributed by atoms with E-state index < -0.39 is 11.5 Å². The fraction of sp³-hybridized carbons (Fsp3) is 0.400. The minimum absolute atomic E-state index is 0.224. The maximum atomic E-state index is 11.5. The first-order valence-corrected chi connectivity index (χ1v) is 4.70. The zero-order valence-corrected chi connectivity index (χ0v) is 8.29. The van der Waals surface area contributed by atoms with E-state index >= 15 is 0 Å². The molecule has 1 aliphatic carbocycles. The number of fused-ring (bicyclic) bond motifs is 1. The van der Waals surface area contributed by atoms with Crippen LogP contribution >= 0.6 is 0 Å². The van der Waals surface area contributed by atoms with Crippen LogP contribution in [0.25, 0.3) is 0 Å². The van der Waals surface area contributed by atoms with Crippen LogP contribution in [0.15, 0.2) is 4.79 Å². The van der Waals surface area contributed by atoms with E-state index in [9.17, 15) is 14.7 Å². The van der Waals surface area contributed by atoms with Crippen molar-refractivity contribution in [2.45, 2.75) is 19.3 Å². The number of hydrogen-bond donors (Lipinski definition) is 2. The Bertz CT molecular complexity index is 475. The van der Waals surface area contributed by atoms with Crippen molar-refractivity contribution in [3.63, 3.8) is 0 Å². The lowest BCUT2D eigenvalue weighted by Gasteiger charge is -2.06. The minimum atomic E-state index is -0.802. The average molecular weight is 209 g/mol. The summed E-state index contributed by atoms with van der Waals surface area (Å²) in [5.41, 5.74) is 0.512. The molecule has 1 aromatic heterocycles. The fourth-order valence-corrected chi connectivity index (χ4v) is 1.89. The standard InChI is InChI=1S/C10H11NO4/c1-15-10(14)7-8(12)5-3-2-4-6(5)11-9(7)13/h2-4H2,1H3,(H2,11,12,13). The Hall–Kier alpha value is -1.78. The normalized spacial score (nSPS) is 13.7. The quantitative estimate of drug-likeness (QED) is 0.654. The summed E-state index contributed by atoms with van der Waals surface area (Å²) < 4.78 is 4.44. The van der Waals surface area contributed by atoms with E-state index in [1.165, 1.54) is 7.11 Å². The molecule has 0 aromatic carbocycles. The number of carbonyl (C=O) groups is 1. The van der Waals surface area contributed by atoms with Gasteiger partial charge in [0.2, 0.25) is 0 Å². The van der Waals surface area contributed by atoms with E-state index in [-0.39, 0.29) is 11.3 Å². The minimum Gasteiger partial charge on any atom is -0.506 e. The monoisotopic (exact) mass is 209 g/mol. The van der Waals surface area contributed by atoms with Gasteiger partial charge in [-0.05, 0) is 19.3 Å². The van der Waals surface area contributed by atoms with Crippen molar-refractivity contribution in [3.8, 4) is 5.75 Å². The fourth-order valence-electron chi connectivity index (χ4n) is 1.89. The molecule has 0 fully saturated rings. The van der Waals surface area contributed by atoms with Crippen molar-refractivity contribution in [2.75, 3.05) is 7.11 Å². The molecule has 1 aromatic rings. The smallest absolute Gasteiger partial charge is 0.347 e. The topological polar surface area (TPSA) is 79.4 Å². The van der Waals surface area contributed by atoms with Gasteiger partial charge in [-0.15, -0.1) is 0 Å². The van der Waals surface area contributed by atoms with Crippen LogP contribution in [-0.2, 0) is 17.6 Å². The highest BCUT2D eigenvalue weighted by molar-refractivity contribution is 5.92. The second kappa shape index (κ2) is 3.42. The number of aryl methyl sites for hydroxylation is 1. The summed E-state index contributed by atoms with van der Waals surface area (Å²) in [4.78, 5) is 25.3. The number of esters is 1. The van der Waals surface area contributed by atoms with E-state index in [0.29, 0.717) is 12.0 Å². The van der Waals surface area contributed by atoms with Crippen LogP contribution in [0.1, 0.15) is 28.0 Å². The van der Waals surface area contributed by atoms with Crippen LogP contribution in [0.4, 0.5) is 0 Å². The summed E-state index contributed by atoms with van der Waals surface area (Å²) in [7, 11) is 1.18. The van der Waals surface area contributed by atoms with E-state index in [0.717, 1.165) is 18.5 Å². The number of aromatic nitrogens is 1. The highest BCUT2D eigenvalue weighted by Crippen LogP contribution is 2.29. The van der Waals surface area contributed by atoms with Gasteiger partial charge in [-0.2, -0.15) is 0 Å². The lowest BCUT2D eigenvalue weighted by molar-refractivity contribution is 0.0595. The summed E-state index contributed by atoms with van der Waals surface area (Å²) >= 11 is 0. The first-order chi connectivity index (χ1) is 7.15. The van der Waals surface area contributed by atoms with Gasteiger partial charge >= 0.3 is 5.97 Å². The molecule has 0 unspecified atom stereocenters. The predicted molar refractivity (Wildman–Crippen MR) is 52.1 cm³/mol. The van der Waals surface area contributed by atoms with Gasteiger partial charge in [-0.3, -0.25) is 4.79 Å². The van der Waals surface area contributed by atoms with Gasteiger partial charge in [0, 0.05) is 11.3 Å². The number of aromatic hydroxyl groups is 1. The molecular formula is C10H11NO4. The van der Waals surface area contributed by atoms with Crippen LogP contribution in [0.5, 0.6) is 5.75 Å². The summed E-state index contributed by atoms with van der Waals surface area (Å²) in [6, 6.07) is 0. The maximum absolute atomic E-state index is 11.5. The van der Waals surface area contributed by atoms with Crippen molar-refractivity contribution in [3.05, 3.63) is 27.2 Å². The van der Waals surface area contributed by atoms with Crippen LogP contribution < -0.4 is 5.56 Å². The number of nitrogens with one attached hydrogen (secondary N) is 1. The molecule has 5 nitrogen and oxygen atoms in total. The zero-order chi connectivity index (χ0) is 11.0. The third-order valence-corrected chi connectivity index (χ3v) is 2.62. The van der Waals surface area contributed by atoms with E-state index in [2.05, 4.69) is 9.72 Å². The van der Waals surface area contributed by atoms with Gasteiger partial charge in [-0.1, -0.05) is 0 Å². The van der Waals surface area contributed by atoms with E-state index in [1.54, 1.807) is 0 Å². The van der Waals surface area contributed by atoms with Crippen LogP contribution in [0.3, 0.4) is 0 Å². The number of H-pyrrole nitrogens is 1. The first-order valence-electron chi connectivity index (χ1n) is 4.70. The van der Waals surface area contributed by atoms with Gasteiger partial charge < -0.3 is 14.8 Å². The van der Waals surface area contributed by atoms with Gasteiger partial charge in [-0.25, -0.2) is 4.79 Å². The van der Waals surface area contributed by atoms with Crippen LogP contribution in [-0.4, -0.2) is 23.2 Å². The lowest BCUT2D eigenvalue weighted by atomic mass is 10.1. The first kappa shape index (κ1) is 9.76. The molecule has 0 bridgehead atoms. The van der Waals surface area contributed by atoms with Gasteiger partial charge in [0.1, 0.15) is 5.75 Å². The highest BCUT2D eigenvalue weighted by Gasteiger charge is 2.25. The SMILES string of the molecule is COC(=O)c1c(O)c2c([nH]c1=O)CCC2. The molecule has 0 atom stereocenters. The molecule has 5 heteroatoms. The molecule has 2 N–H and O–H groups in total. The predicted octanol–water partition coefficient (Wildman–Crippen LogP) is 0.356. The number of pyridine rings is 1. The Balaban J connectivity index is 2.66. The summed E-state index contributed by atoms with van der Waals surface area (Å²) in [6.45, 7) is 0. The summed E-state index contributed by atoms with van der Waals surface area (Å²) in [5.74, 6) is -1.03. The van der Waals surface area contributed by atoms with Crippen LogP contribution in [0, 0.1) is 0 Å². The number of hydrogen-bond acceptors (Lipinski definition) is 4. The Morgan fingerprint density at radius 1 is 1.47 bits per heavy atom. The van der Waals surface area contributed by atoms with E-state index in [1.807, 2.05) is 0 Å². The van der Waals surface area contributed by atoms with Crippen molar-refractivity contribution < 1.29 is 14.6 Å². The van der Waals surface area contributed by atoms with Crippen LogP contribution in [0.2, 0.25) is 0 Å². The molecule has 0 saturated heterocycles. The highest BCUT2D eigenvalue weighted by atomic mass is 16.5. The summed E-state index contributed by atoms with van der Waals surface area (Å²) in [5, 5.41) is 9.77. The molecule has 0 aliphatic heterocycles. The number of ether oxygens (including phenoxy) is 1. The summed E-state index contributed by atoms with van der Waals surface area (Å²) in [6.07, 6.45) is 2.30. The largest absolute Gasteiger partial charge is 0.506 e. The van der Waals surface area contributed by atoms with Gasteiger partial charge in [0.05, 0.1) is 7.11 Å². The third-order valence-electron chi connectivity index (χ3n) is 2.62. The Kier molecular flexibility index (Phi) is 2.22. The Labute approximate surface area is 85.7 Å². The molecule has 0 spiro atoms. The second-order valence-electron chi connectivity index (χ2n) is 3.48. The molecule has 1 heterocycles. The second-order valence-corrected chi connectivity index (χ2v) is 3.48. The average Bonchev–Trinajstić information content (AvgIpc) is 2.65. The van der Waals surface area contributed by atoms with Crippen molar-refractivity contribution in [1.29, 1.82) is 0 Å². The van der Waals surface area contributed by atoms with E-state index in [4.69, 9.17) is 0 Å². The Morgan fingerprint density at radius 3 is 2.87 bits per heavy atom. The molecular weight excluding hydrogens is 198 g/mol. The molecule has 80 valence electrons. The van der Waals surface area contributed by atoms with Crippen molar-refractivity contribution in [1.82, 2.24) is 4.98 Å². The van der Waals surface area contributed by atoms with Gasteiger partial charge in [0.15, 0.2) is 5.56 Å². The number of aromatic amines is 1.